The standard InChI is InChI=1S/C16H24FN3/c17-14-5-3-13(4-6-14)16(11-18)20-10-7-15(12-20)19-8-1-2-9-19/h3-6,15-16H,1-2,7-12,18H2. The predicted molar refractivity (Wildman–Crippen MR) is 79.0 cm³/mol. The Labute approximate surface area is 120 Å². The average Bonchev–Trinajstić information content (AvgIpc) is 3.12. The molecule has 0 aliphatic carbocycles. The topological polar surface area (TPSA) is 32.5 Å². The first-order chi connectivity index (χ1) is 9.78. The fourth-order valence-electron chi connectivity index (χ4n) is 3.64. The number of benzene rings is 1. The van der Waals surface area contributed by atoms with Gasteiger partial charge in [0.1, 0.15) is 5.82 Å². The smallest absolute Gasteiger partial charge is 0.123 e. The predicted octanol–water partition coefficient (Wildman–Crippen LogP) is 2.00. The number of nitrogens with two attached hydrogens (primary N) is 1. The van der Waals surface area contributed by atoms with Crippen molar-refractivity contribution in [2.75, 3.05) is 32.7 Å². The molecule has 2 unspecified atom stereocenters. The molecule has 2 N–H and O–H groups in total. The highest BCUT2D eigenvalue weighted by molar-refractivity contribution is 5.21. The Morgan fingerprint density at radius 2 is 1.85 bits per heavy atom. The van der Waals surface area contributed by atoms with Crippen LogP contribution in [0, 0.1) is 5.82 Å². The van der Waals surface area contributed by atoms with E-state index in [9.17, 15) is 4.39 Å². The molecule has 0 saturated carbocycles. The minimum atomic E-state index is -0.180. The van der Waals surface area contributed by atoms with Crippen LogP contribution in [0.3, 0.4) is 0 Å². The number of hydrogen-bond acceptors (Lipinski definition) is 3. The third-order valence-electron chi connectivity index (χ3n) is 4.77. The van der Waals surface area contributed by atoms with E-state index >= 15 is 0 Å². The van der Waals surface area contributed by atoms with E-state index in [1.54, 1.807) is 0 Å². The zero-order valence-corrected chi connectivity index (χ0v) is 12.0. The molecule has 110 valence electrons. The zero-order valence-electron chi connectivity index (χ0n) is 12.0. The summed E-state index contributed by atoms with van der Waals surface area (Å²) in [7, 11) is 0. The molecule has 4 heteroatoms. The maximum absolute atomic E-state index is 13.0. The molecule has 1 aromatic carbocycles. The molecule has 0 aromatic heterocycles. The van der Waals surface area contributed by atoms with Crippen molar-refractivity contribution in [1.29, 1.82) is 0 Å². The average molecular weight is 277 g/mol. The van der Waals surface area contributed by atoms with Gasteiger partial charge in [0.15, 0.2) is 0 Å². The molecule has 2 saturated heterocycles. The SMILES string of the molecule is NCC(c1ccc(F)cc1)N1CCC(N2CCCC2)C1. The molecule has 1 aromatic rings. The molecule has 0 radical (unpaired) electrons. The van der Waals surface area contributed by atoms with Crippen molar-refractivity contribution in [3.05, 3.63) is 35.6 Å². The molecule has 2 aliphatic rings. The Morgan fingerprint density at radius 1 is 1.15 bits per heavy atom. The van der Waals surface area contributed by atoms with Crippen LogP contribution in [0.25, 0.3) is 0 Å². The van der Waals surface area contributed by atoms with Crippen molar-refractivity contribution >= 4 is 0 Å². The van der Waals surface area contributed by atoms with Crippen molar-refractivity contribution in [3.63, 3.8) is 0 Å². The first-order valence-electron chi connectivity index (χ1n) is 7.71. The summed E-state index contributed by atoms with van der Waals surface area (Å²) < 4.78 is 13.0. The molecule has 2 fully saturated rings. The summed E-state index contributed by atoms with van der Waals surface area (Å²) in [5.74, 6) is -0.180. The van der Waals surface area contributed by atoms with Gasteiger partial charge >= 0.3 is 0 Å². The molecular weight excluding hydrogens is 253 g/mol. The summed E-state index contributed by atoms with van der Waals surface area (Å²) in [6.07, 6.45) is 3.92. The molecule has 3 rings (SSSR count). The summed E-state index contributed by atoms with van der Waals surface area (Å²) in [4.78, 5) is 5.09. The van der Waals surface area contributed by atoms with E-state index in [0.29, 0.717) is 12.6 Å². The molecule has 20 heavy (non-hydrogen) atoms. The second kappa shape index (κ2) is 6.20. The minimum Gasteiger partial charge on any atom is -0.329 e. The van der Waals surface area contributed by atoms with Crippen LogP contribution in [0.1, 0.15) is 30.9 Å². The molecule has 2 atom stereocenters. The van der Waals surface area contributed by atoms with Crippen LogP contribution in [0.4, 0.5) is 4.39 Å². The highest BCUT2D eigenvalue weighted by Gasteiger charge is 2.32. The van der Waals surface area contributed by atoms with Crippen LogP contribution < -0.4 is 5.73 Å². The monoisotopic (exact) mass is 277 g/mol. The van der Waals surface area contributed by atoms with E-state index in [4.69, 9.17) is 5.73 Å². The lowest BCUT2D eigenvalue weighted by Crippen LogP contribution is -2.38. The second-order valence-corrected chi connectivity index (χ2v) is 5.98. The highest BCUT2D eigenvalue weighted by atomic mass is 19.1. The molecule has 2 heterocycles. The Balaban J connectivity index is 1.66. The zero-order chi connectivity index (χ0) is 13.9. The first kappa shape index (κ1) is 14.0. The highest BCUT2D eigenvalue weighted by Crippen LogP contribution is 2.28. The first-order valence-corrected chi connectivity index (χ1v) is 7.71. The van der Waals surface area contributed by atoms with Crippen LogP contribution in [-0.2, 0) is 0 Å². The number of nitrogens with zero attached hydrogens (tertiary/aromatic N) is 2. The largest absolute Gasteiger partial charge is 0.329 e. The summed E-state index contributed by atoms with van der Waals surface area (Å²) in [6.45, 7) is 5.29. The maximum atomic E-state index is 13.0. The fraction of sp³-hybridized carbons (Fsp3) is 0.625. The van der Waals surface area contributed by atoms with Crippen molar-refractivity contribution in [2.24, 2.45) is 5.73 Å². The van der Waals surface area contributed by atoms with Crippen LogP contribution in [0.2, 0.25) is 0 Å². The van der Waals surface area contributed by atoms with Gasteiger partial charge in [0.2, 0.25) is 0 Å². The van der Waals surface area contributed by atoms with Crippen molar-refractivity contribution < 1.29 is 4.39 Å². The van der Waals surface area contributed by atoms with E-state index in [1.807, 2.05) is 12.1 Å². The Morgan fingerprint density at radius 3 is 2.50 bits per heavy atom. The van der Waals surface area contributed by atoms with Gasteiger partial charge in [-0.05, 0) is 50.0 Å². The van der Waals surface area contributed by atoms with Crippen molar-refractivity contribution in [1.82, 2.24) is 9.80 Å². The third-order valence-corrected chi connectivity index (χ3v) is 4.77. The number of likely N-dealkylation sites (tertiary alicyclic amines) is 2. The van der Waals surface area contributed by atoms with Crippen LogP contribution in [-0.4, -0.2) is 48.6 Å². The number of halogens is 1. The van der Waals surface area contributed by atoms with Gasteiger partial charge in [-0.15, -0.1) is 0 Å². The molecule has 0 amide bonds. The van der Waals surface area contributed by atoms with Crippen LogP contribution >= 0.6 is 0 Å². The lowest BCUT2D eigenvalue weighted by Gasteiger charge is -2.29. The second-order valence-electron chi connectivity index (χ2n) is 5.98. The molecule has 2 aliphatic heterocycles. The Hall–Kier alpha value is -0.970. The quantitative estimate of drug-likeness (QED) is 0.913. The van der Waals surface area contributed by atoms with E-state index in [0.717, 1.165) is 18.7 Å². The van der Waals surface area contributed by atoms with Crippen LogP contribution in [0.5, 0.6) is 0 Å². The lowest BCUT2D eigenvalue weighted by atomic mass is 10.1. The summed E-state index contributed by atoms with van der Waals surface area (Å²) in [5.41, 5.74) is 7.11. The minimum absolute atomic E-state index is 0.180. The molecule has 0 bridgehead atoms. The lowest BCUT2D eigenvalue weighted by molar-refractivity contribution is 0.203. The van der Waals surface area contributed by atoms with Gasteiger partial charge in [-0.2, -0.15) is 0 Å². The molecular formula is C16H24FN3. The van der Waals surface area contributed by atoms with E-state index in [-0.39, 0.29) is 11.9 Å². The number of hydrogen-bond donors (Lipinski definition) is 1. The number of rotatable bonds is 4. The molecule has 0 spiro atoms. The summed E-state index contributed by atoms with van der Waals surface area (Å²) in [6, 6.07) is 7.72. The normalized spacial score (nSPS) is 26.2. The molecule has 3 nitrogen and oxygen atoms in total. The summed E-state index contributed by atoms with van der Waals surface area (Å²) in [5, 5.41) is 0. The fourth-order valence-corrected chi connectivity index (χ4v) is 3.64. The third kappa shape index (κ3) is 2.87. The van der Waals surface area contributed by atoms with E-state index in [1.165, 1.54) is 44.5 Å². The van der Waals surface area contributed by atoms with Gasteiger partial charge < -0.3 is 5.73 Å². The van der Waals surface area contributed by atoms with Gasteiger partial charge in [-0.1, -0.05) is 12.1 Å². The van der Waals surface area contributed by atoms with Gasteiger partial charge in [-0.25, -0.2) is 4.39 Å². The van der Waals surface area contributed by atoms with Crippen molar-refractivity contribution in [3.8, 4) is 0 Å². The van der Waals surface area contributed by atoms with Crippen LogP contribution in [0.15, 0.2) is 24.3 Å². The van der Waals surface area contributed by atoms with Gasteiger partial charge in [-0.3, -0.25) is 9.80 Å². The summed E-state index contributed by atoms with van der Waals surface area (Å²) >= 11 is 0. The Bertz CT molecular complexity index is 428. The van der Waals surface area contributed by atoms with E-state index in [2.05, 4.69) is 9.80 Å². The maximum Gasteiger partial charge on any atom is 0.123 e. The van der Waals surface area contributed by atoms with Gasteiger partial charge in [0.05, 0.1) is 0 Å². The Kier molecular flexibility index (Phi) is 4.34. The van der Waals surface area contributed by atoms with Gasteiger partial charge in [0.25, 0.3) is 0 Å². The van der Waals surface area contributed by atoms with Crippen molar-refractivity contribution in [2.45, 2.75) is 31.3 Å². The van der Waals surface area contributed by atoms with Gasteiger partial charge in [0, 0.05) is 31.7 Å². The van der Waals surface area contributed by atoms with E-state index < -0.39 is 0 Å².